The summed E-state index contributed by atoms with van der Waals surface area (Å²) < 4.78 is 5.78. The minimum Gasteiger partial charge on any atom is -0.376 e. The summed E-state index contributed by atoms with van der Waals surface area (Å²) in [5, 5.41) is 4.71. The molecule has 182 valence electrons. The molecule has 1 rings (SSSR count). The van der Waals surface area contributed by atoms with Gasteiger partial charge in [-0.05, 0) is 39.0 Å². The van der Waals surface area contributed by atoms with Gasteiger partial charge in [0.1, 0.15) is 0 Å². The third-order valence-corrected chi connectivity index (χ3v) is 3.72. The molecule has 1 atom stereocenters. The van der Waals surface area contributed by atoms with Gasteiger partial charge >= 0.3 is 0 Å². The Kier molecular flexibility index (Phi) is 30.7. The van der Waals surface area contributed by atoms with Crippen molar-refractivity contribution in [2.75, 3.05) is 13.2 Å². The van der Waals surface area contributed by atoms with Crippen molar-refractivity contribution in [1.29, 1.82) is 0 Å². The van der Waals surface area contributed by atoms with Crippen molar-refractivity contribution in [1.82, 2.24) is 10.6 Å². The van der Waals surface area contributed by atoms with Gasteiger partial charge in [-0.15, -0.1) is 0 Å². The number of carbonyl (C=O) groups excluding carboxylic acids is 3. The van der Waals surface area contributed by atoms with Crippen LogP contribution in [0, 0.1) is 11.8 Å². The van der Waals surface area contributed by atoms with Crippen LogP contribution in [0.5, 0.6) is 0 Å². The van der Waals surface area contributed by atoms with Gasteiger partial charge in [0.05, 0.1) is 5.60 Å². The molecule has 0 aromatic carbocycles. The minimum absolute atomic E-state index is 0.0869. The van der Waals surface area contributed by atoms with Crippen LogP contribution in [0.1, 0.15) is 108 Å². The zero-order valence-corrected chi connectivity index (χ0v) is 21.8. The molecule has 30 heavy (non-hydrogen) atoms. The lowest BCUT2D eigenvalue weighted by molar-refractivity contribution is -0.125. The summed E-state index contributed by atoms with van der Waals surface area (Å²) >= 11 is 0. The molecule has 0 aliphatic carbocycles. The highest BCUT2D eigenvalue weighted by Gasteiger charge is 2.25. The van der Waals surface area contributed by atoms with Crippen molar-refractivity contribution in [2.24, 2.45) is 11.8 Å². The number of ether oxygens (including phenoxy) is 1. The van der Waals surface area contributed by atoms with Crippen molar-refractivity contribution in [3.63, 3.8) is 0 Å². The van der Waals surface area contributed by atoms with Crippen LogP contribution >= 0.6 is 0 Å². The topological polar surface area (TPSA) is 84.5 Å². The first-order chi connectivity index (χ1) is 14.1. The van der Waals surface area contributed by atoms with Crippen LogP contribution in [-0.2, 0) is 19.1 Å². The lowest BCUT2D eigenvalue weighted by Gasteiger charge is -2.25. The molecule has 6 nitrogen and oxygen atoms in total. The largest absolute Gasteiger partial charge is 0.376 e. The molecule has 6 heteroatoms. The predicted octanol–water partition coefficient (Wildman–Crippen LogP) is 5.49. The molecule has 0 aromatic rings. The SMILES string of the molecule is CC.CC.CC1CC(=O)NC1=O.CCCC(C)(C)OCCC(C)C.CCCNC=O. The van der Waals surface area contributed by atoms with Gasteiger partial charge in [-0.1, -0.05) is 68.7 Å². The lowest BCUT2D eigenvalue weighted by atomic mass is 10.0. The smallest absolute Gasteiger partial charge is 0.229 e. The Hall–Kier alpha value is -1.43. The quantitative estimate of drug-likeness (QED) is 0.286. The molecular weight excluding hydrogens is 380 g/mol. The second-order valence-corrected chi connectivity index (χ2v) is 7.63. The van der Waals surface area contributed by atoms with E-state index in [9.17, 15) is 14.4 Å². The number of nitrogens with one attached hydrogen (secondary N) is 2. The second kappa shape index (κ2) is 25.6. The first-order valence-electron chi connectivity index (χ1n) is 11.7. The first-order valence-corrected chi connectivity index (χ1v) is 11.7. The summed E-state index contributed by atoms with van der Waals surface area (Å²) in [7, 11) is 0. The highest BCUT2D eigenvalue weighted by atomic mass is 16.5. The summed E-state index contributed by atoms with van der Waals surface area (Å²) in [4.78, 5) is 30.2. The average molecular weight is 433 g/mol. The average Bonchev–Trinajstić information content (AvgIpc) is 2.99. The molecule has 1 unspecified atom stereocenters. The van der Waals surface area contributed by atoms with Gasteiger partial charge in [0.2, 0.25) is 18.2 Å². The van der Waals surface area contributed by atoms with Gasteiger partial charge in [0.25, 0.3) is 0 Å². The van der Waals surface area contributed by atoms with Gasteiger partial charge in [0.15, 0.2) is 0 Å². The van der Waals surface area contributed by atoms with E-state index in [4.69, 9.17) is 4.74 Å². The fourth-order valence-corrected chi connectivity index (χ4v) is 2.13. The van der Waals surface area contributed by atoms with E-state index in [1.54, 1.807) is 6.92 Å². The summed E-state index contributed by atoms with van der Waals surface area (Å²) in [5.74, 6) is 0.349. The van der Waals surface area contributed by atoms with E-state index in [0.29, 0.717) is 12.8 Å². The summed E-state index contributed by atoms with van der Waals surface area (Å²) in [5.41, 5.74) is 0.0869. The molecule has 1 aliphatic rings. The van der Waals surface area contributed by atoms with Crippen molar-refractivity contribution in [3.8, 4) is 0 Å². The standard InChI is InChI=1S/C11H24O.C5H7NO2.C4H9NO.2C2H6/c1-6-8-11(4,5)12-9-7-10(2)3;1-3-2-4(7)6-5(3)8;1-2-3-5-4-6;2*1-2/h10H,6-9H2,1-5H3;3H,2H2,1H3,(H,6,7,8);4H,2-3H2,1H3,(H,5,6);2*1-2H3. The molecule has 0 radical (unpaired) electrons. The van der Waals surface area contributed by atoms with Crippen molar-refractivity contribution in [3.05, 3.63) is 0 Å². The Morgan fingerprint density at radius 1 is 1.13 bits per heavy atom. The monoisotopic (exact) mass is 432 g/mol. The number of rotatable bonds is 9. The Morgan fingerprint density at radius 2 is 1.67 bits per heavy atom. The molecule has 0 bridgehead atoms. The molecule has 0 saturated carbocycles. The lowest BCUT2D eigenvalue weighted by Crippen LogP contribution is -2.24. The van der Waals surface area contributed by atoms with Crippen LogP contribution in [0.3, 0.4) is 0 Å². The van der Waals surface area contributed by atoms with E-state index in [0.717, 1.165) is 31.9 Å². The van der Waals surface area contributed by atoms with Gasteiger partial charge < -0.3 is 10.1 Å². The highest BCUT2D eigenvalue weighted by Crippen LogP contribution is 2.17. The number of amides is 3. The number of carbonyl (C=O) groups is 3. The molecule has 2 N–H and O–H groups in total. The minimum atomic E-state index is -0.150. The van der Waals surface area contributed by atoms with Crippen LogP contribution in [0.4, 0.5) is 0 Å². The Balaban J connectivity index is -0.000000163. The molecule has 3 amide bonds. The van der Waals surface area contributed by atoms with E-state index >= 15 is 0 Å². The molecule has 0 aromatic heterocycles. The van der Waals surface area contributed by atoms with Crippen molar-refractivity contribution < 1.29 is 19.1 Å². The zero-order chi connectivity index (χ0) is 24.6. The maximum atomic E-state index is 10.5. The third-order valence-electron chi connectivity index (χ3n) is 3.72. The van der Waals surface area contributed by atoms with E-state index < -0.39 is 0 Å². The summed E-state index contributed by atoms with van der Waals surface area (Å²) in [6.07, 6.45) is 5.62. The molecule has 1 aliphatic heterocycles. The second-order valence-electron chi connectivity index (χ2n) is 7.63. The van der Waals surface area contributed by atoms with Gasteiger partial charge in [-0.3, -0.25) is 19.7 Å². The Bertz CT molecular complexity index is 397. The maximum Gasteiger partial charge on any atom is 0.229 e. The van der Waals surface area contributed by atoms with Gasteiger partial charge in [-0.25, -0.2) is 0 Å². The molecule has 1 heterocycles. The van der Waals surface area contributed by atoms with Gasteiger partial charge in [-0.2, -0.15) is 0 Å². The van der Waals surface area contributed by atoms with Crippen LogP contribution in [0.2, 0.25) is 0 Å². The summed E-state index contributed by atoms with van der Waals surface area (Å²) in [6, 6.07) is 0. The molecule has 1 saturated heterocycles. The van der Waals surface area contributed by atoms with Crippen LogP contribution < -0.4 is 10.6 Å². The number of hydrogen-bond donors (Lipinski definition) is 2. The van der Waals surface area contributed by atoms with Crippen LogP contribution in [-0.4, -0.2) is 37.0 Å². The molecule has 0 spiro atoms. The first kappa shape index (κ1) is 36.0. The van der Waals surface area contributed by atoms with Crippen molar-refractivity contribution in [2.45, 2.75) is 114 Å². The van der Waals surface area contributed by atoms with Crippen molar-refractivity contribution >= 4 is 18.2 Å². The number of imide groups is 1. The third kappa shape index (κ3) is 28.8. The van der Waals surface area contributed by atoms with Crippen LogP contribution in [0.25, 0.3) is 0 Å². The van der Waals surface area contributed by atoms with E-state index in [1.807, 2.05) is 34.6 Å². The van der Waals surface area contributed by atoms with E-state index in [-0.39, 0.29) is 23.3 Å². The fraction of sp³-hybridized carbons (Fsp3) is 0.875. The fourth-order valence-electron chi connectivity index (χ4n) is 2.13. The Morgan fingerprint density at radius 3 is 1.90 bits per heavy atom. The predicted molar refractivity (Wildman–Crippen MR) is 128 cm³/mol. The van der Waals surface area contributed by atoms with Gasteiger partial charge in [0, 0.05) is 25.5 Å². The normalized spacial score (nSPS) is 14.5. The van der Waals surface area contributed by atoms with Crippen LogP contribution in [0.15, 0.2) is 0 Å². The van der Waals surface area contributed by atoms with E-state index in [1.165, 1.54) is 12.8 Å². The maximum absolute atomic E-state index is 10.5. The Labute approximate surface area is 187 Å². The molecule has 1 fully saturated rings. The number of hydrogen-bond acceptors (Lipinski definition) is 4. The zero-order valence-electron chi connectivity index (χ0n) is 21.8. The van der Waals surface area contributed by atoms with E-state index in [2.05, 4.69) is 45.3 Å². The molecular formula is C24H52N2O4. The highest BCUT2D eigenvalue weighted by molar-refractivity contribution is 6.03. The summed E-state index contributed by atoms with van der Waals surface area (Å²) in [6.45, 7) is 24.5.